The summed E-state index contributed by atoms with van der Waals surface area (Å²) >= 11 is 0. The predicted molar refractivity (Wildman–Crippen MR) is 83.8 cm³/mol. The maximum Gasteiger partial charge on any atom is 0.122 e. The molecular formula is C16H24N4. The van der Waals surface area contributed by atoms with E-state index in [0.29, 0.717) is 0 Å². The number of benzene rings is 1. The Bertz CT molecular complexity index is 486. The second kappa shape index (κ2) is 7.10. The number of imidazole rings is 1. The van der Waals surface area contributed by atoms with E-state index in [9.17, 15) is 0 Å². The number of nitrogens with one attached hydrogen (secondary N) is 2. The lowest BCUT2D eigenvalue weighted by Gasteiger charge is -2.21. The van der Waals surface area contributed by atoms with Crippen LogP contribution in [0.2, 0.25) is 0 Å². The maximum absolute atomic E-state index is 4.26. The fourth-order valence-electron chi connectivity index (χ4n) is 2.30. The van der Waals surface area contributed by atoms with E-state index in [4.69, 9.17) is 0 Å². The zero-order valence-electron chi connectivity index (χ0n) is 12.6. The average molecular weight is 272 g/mol. The molecule has 108 valence electrons. The molecule has 0 fully saturated rings. The third-order valence-corrected chi connectivity index (χ3v) is 3.61. The molecule has 1 heterocycles. The smallest absolute Gasteiger partial charge is 0.122 e. The Hall–Kier alpha value is -1.81. The molecule has 0 radical (unpaired) electrons. The Morgan fingerprint density at radius 1 is 1.20 bits per heavy atom. The van der Waals surface area contributed by atoms with Gasteiger partial charge in [0.25, 0.3) is 0 Å². The maximum atomic E-state index is 4.26. The van der Waals surface area contributed by atoms with E-state index in [1.807, 2.05) is 6.20 Å². The van der Waals surface area contributed by atoms with E-state index < -0.39 is 0 Å². The summed E-state index contributed by atoms with van der Waals surface area (Å²) in [6.07, 6.45) is 3.64. The number of hydrogen-bond donors (Lipinski definition) is 2. The summed E-state index contributed by atoms with van der Waals surface area (Å²) in [4.78, 5) is 9.75. The highest BCUT2D eigenvalue weighted by atomic mass is 15.1. The van der Waals surface area contributed by atoms with Gasteiger partial charge in [0.15, 0.2) is 0 Å². The molecule has 0 saturated heterocycles. The number of hydrogen-bond acceptors (Lipinski definition) is 3. The minimum atomic E-state index is 0.229. The van der Waals surface area contributed by atoms with Crippen LogP contribution >= 0.6 is 0 Å². The van der Waals surface area contributed by atoms with Crippen molar-refractivity contribution in [1.29, 1.82) is 0 Å². The molecule has 1 unspecified atom stereocenters. The molecule has 0 spiro atoms. The van der Waals surface area contributed by atoms with Crippen LogP contribution in [0.1, 0.15) is 38.2 Å². The SMILES string of the molecule is CCN(CC)c1ccc(CNC(C)c2ncc[nH]2)cc1. The van der Waals surface area contributed by atoms with E-state index in [-0.39, 0.29) is 6.04 Å². The van der Waals surface area contributed by atoms with Crippen molar-refractivity contribution < 1.29 is 0 Å². The number of anilines is 1. The number of H-pyrrole nitrogens is 1. The lowest BCUT2D eigenvalue weighted by Crippen LogP contribution is -2.22. The van der Waals surface area contributed by atoms with Gasteiger partial charge in [-0.25, -0.2) is 4.98 Å². The molecule has 4 nitrogen and oxygen atoms in total. The van der Waals surface area contributed by atoms with E-state index in [0.717, 1.165) is 25.5 Å². The molecule has 4 heteroatoms. The second-order valence-corrected chi connectivity index (χ2v) is 4.92. The molecule has 1 atom stereocenters. The monoisotopic (exact) mass is 272 g/mol. The van der Waals surface area contributed by atoms with Crippen LogP contribution in [0.5, 0.6) is 0 Å². The van der Waals surface area contributed by atoms with Crippen molar-refractivity contribution in [1.82, 2.24) is 15.3 Å². The Balaban J connectivity index is 1.91. The van der Waals surface area contributed by atoms with Crippen LogP contribution in [0.25, 0.3) is 0 Å². The van der Waals surface area contributed by atoms with Crippen LogP contribution in [-0.4, -0.2) is 23.1 Å². The van der Waals surface area contributed by atoms with Gasteiger partial charge in [0, 0.05) is 37.7 Å². The zero-order valence-corrected chi connectivity index (χ0v) is 12.6. The third-order valence-electron chi connectivity index (χ3n) is 3.61. The molecule has 1 aromatic heterocycles. The first-order valence-corrected chi connectivity index (χ1v) is 7.31. The number of nitrogens with zero attached hydrogens (tertiary/aromatic N) is 2. The summed E-state index contributed by atoms with van der Waals surface area (Å²) in [6.45, 7) is 9.42. The standard InChI is InChI=1S/C16H24N4/c1-4-20(5-2)15-8-6-14(7-9-15)12-19-13(3)16-17-10-11-18-16/h6-11,13,19H,4-5,12H2,1-3H3,(H,17,18). The van der Waals surface area contributed by atoms with E-state index >= 15 is 0 Å². The van der Waals surface area contributed by atoms with Crippen molar-refractivity contribution in [2.24, 2.45) is 0 Å². The Kier molecular flexibility index (Phi) is 5.18. The van der Waals surface area contributed by atoms with Crippen LogP contribution < -0.4 is 10.2 Å². The molecule has 2 N–H and O–H groups in total. The van der Waals surface area contributed by atoms with Crippen LogP contribution in [0.15, 0.2) is 36.7 Å². The Labute approximate surface area is 121 Å². The highest BCUT2D eigenvalue weighted by molar-refractivity contribution is 5.47. The van der Waals surface area contributed by atoms with Crippen molar-refractivity contribution in [2.45, 2.75) is 33.4 Å². The minimum absolute atomic E-state index is 0.229. The van der Waals surface area contributed by atoms with Gasteiger partial charge < -0.3 is 15.2 Å². The average Bonchev–Trinajstić information content (AvgIpc) is 3.01. The van der Waals surface area contributed by atoms with Gasteiger partial charge in [-0.15, -0.1) is 0 Å². The van der Waals surface area contributed by atoms with Gasteiger partial charge >= 0.3 is 0 Å². The van der Waals surface area contributed by atoms with Crippen LogP contribution in [0.3, 0.4) is 0 Å². The van der Waals surface area contributed by atoms with Gasteiger partial charge in [0.1, 0.15) is 5.82 Å². The van der Waals surface area contributed by atoms with Crippen molar-refractivity contribution >= 4 is 5.69 Å². The normalized spacial score (nSPS) is 12.3. The molecule has 0 saturated carbocycles. The lowest BCUT2D eigenvalue weighted by molar-refractivity contribution is 0.551. The van der Waals surface area contributed by atoms with Crippen LogP contribution in [0, 0.1) is 0 Å². The summed E-state index contributed by atoms with van der Waals surface area (Å²) in [6, 6.07) is 9.00. The molecule has 20 heavy (non-hydrogen) atoms. The first-order valence-electron chi connectivity index (χ1n) is 7.31. The fourth-order valence-corrected chi connectivity index (χ4v) is 2.30. The van der Waals surface area contributed by atoms with Gasteiger partial charge in [0.05, 0.1) is 6.04 Å². The molecular weight excluding hydrogens is 248 g/mol. The van der Waals surface area contributed by atoms with Crippen molar-refractivity contribution in [3.8, 4) is 0 Å². The highest BCUT2D eigenvalue weighted by Crippen LogP contribution is 2.15. The fraction of sp³-hybridized carbons (Fsp3) is 0.438. The third kappa shape index (κ3) is 3.61. The van der Waals surface area contributed by atoms with E-state index in [2.05, 4.69) is 65.2 Å². The molecule has 1 aromatic carbocycles. The molecule has 2 rings (SSSR count). The number of aromatic amines is 1. The Morgan fingerprint density at radius 2 is 1.90 bits per heavy atom. The van der Waals surface area contributed by atoms with Gasteiger partial charge in [-0.2, -0.15) is 0 Å². The van der Waals surface area contributed by atoms with E-state index in [1.54, 1.807) is 6.20 Å². The summed E-state index contributed by atoms with van der Waals surface area (Å²) in [5, 5.41) is 3.47. The van der Waals surface area contributed by atoms with Crippen LogP contribution in [-0.2, 0) is 6.54 Å². The van der Waals surface area contributed by atoms with Gasteiger partial charge in [-0.05, 0) is 38.5 Å². The molecule has 0 bridgehead atoms. The summed E-state index contributed by atoms with van der Waals surface area (Å²) < 4.78 is 0. The quantitative estimate of drug-likeness (QED) is 0.814. The summed E-state index contributed by atoms with van der Waals surface area (Å²) in [5.74, 6) is 0.977. The second-order valence-electron chi connectivity index (χ2n) is 4.92. The van der Waals surface area contributed by atoms with Gasteiger partial charge in [0.2, 0.25) is 0 Å². The zero-order chi connectivity index (χ0) is 14.4. The lowest BCUT2D eigenvalue weighted by atomic mass is 10.2. The summed E-state index contributed by atoms with van der Waals surface area (Å²) in [5.41, 5.74) is 2.58. The molecule has 0 aliphatic carbocycles. The molecule has 0 aliphatic rings. The molecule has 0 amide bonds. The minimum Gasteiger partial charge on any atom is -0.372 e. The van der Waals surface area contributed by atoms with Crippen molar-refractivity contribution in [3.05, 3.63) is 48.0 Å². The predicted octanol–water partition coefficient (Wildman–Crippen LogP) is 3.11. The van der Waals surface area contributed by atoms with Gasteiger partial charge in [-0.1, -0.05) is 12.1 Å². The van der Waals surface area contributed by atoms with E-state index in [1.165, 1.54) is 11.3 Å². The largest absolute Gasteiger partial charge is 0.372 e. The topological polar surface area (TPSA) is 44.0 Å². The van der Waals surface area contributed by atoms with Crippen molar-refractivity contribution in [3.63, 3.8) is 0 Å². The number of aromatic nitrogens is 2. The Morgan fingerprint density at radius 3 is 2.45 bits per heavy atom. The first kappa shape index (κ1) is 14.6. The molecule has 2 aromatic rings. The van der Waals surface area contributed by atoms with Crippen LogP contribution in [0.4, 0.5) is 5.69 Å². The number of rotatable bonds is 7. The van der Waals surface area contributed by atoms with Crippen molar-refractivity contribution in [2.75, 3.05) is 18.0 Å². The summed E-state index contributed by atoms with van der Waals surface area (Å²) in [7, 11) is 0. The highest BCUT2D eigenvalue weighted by Gasteiger charge is 2.07. The first-order chi connectivity index (χ1) is 9.74. The molecule has 0 aliphatic heterocycles. The van der Waals surface area contributed by atoms with Gasteiger partial charge in [-0.3, -0.25) is 0 Å².